The number of carbonyl (C=O) groups is 3. The van der Waals surface area contributed by atoms with E-state index < -0.39 is 36.4 Å². The van der Waals surface area contributed by atoms with E-state index in [2.05, 4.69) is 27.0 Å². The van der Waals surface area contributed by atoms with Gasteiger partial charge in [-0.05, 0) is 49.4 Å². The van der Waals surface area contributed by atoms with Crippen molar-refractivity contribution in [3.8, 4) is 0 Å². The number of pyridine rings is 2. The molecule has 264 valence electrons. The van der Waals surface area contributed by atoms with Crippen molar-refractivity contribution >= 4 is 17.9 Å². The predicted octanol–water partition coefficient (Wildman–Crippen LogP) is 4.96. The third-order valence-corrected chi connectivity index (χ3v) is 6.10. The van der Waals surface area contributed by atoms with E-state index in [1.165, 1.54) is 0 Å². The molecular formula is C27H30F9N3O8. The molecule has 47 heavy (non-hydrogen) atoms. The van der Waals surface area contributed by atoms with Crippen LogP contribution in [-0.4, -0.2) is 98.5 Å². The van der Waals surface area contributed by atoms with Gasteiger partial charge in [-0.1, -0.05) is 12.1 Å². The van der Waals surface area contributed by atoms with Gasteiger partial charge >= 0.3 is 36.4 Å². The number of hydrogen-bond acceptors (Lipinski definition) is 8. The van der Waals surface area contributed by atoms with Crippen LogP contribution in [0.1, 0.15) is 30.7 Å². The van der Waals surface area contributed by atoms with Gasteiger partial charge in [0.05, 0.1) is 23.6 Å². The van der Waals surface area contributed by atoms with E-state index in [0.29, 0.717) is 12.5 Å². The molecule has 3 N–H and O–H groups in total. The van der Waals surface area contributed by atoms with Crippen molar-refractivity contribution in [1.82, 2.24) is 14.9 Å². The fraction of sp³-hybridized carbons (Fsp3) is 0.519. The fourth-order valence-corrected chi connectivity index (χ4v) is 4.11. The van der Waals surface area contributed by atoms with Crippen molar-refractivity contribution in [3.05, 3.63) is 60.2 Å². The molecule has 2 aromatic rings. The number of hydrogen-bond donors (Lipinski definition) is 3. The largest absolute Gasteiger partial charge is 0.490 e. The second-order valence-corrected chi connectivity index (χ2v) is 9.93. The monoisotopic (exact) mass is 695 g/mol. The van der Waals surface area contributed by atoms with Crippen LogP contribution in [0.25, 0.3) is 0 Å². The lowest BCUT2D eigenvalue weighted by Crippen LogP contribution is -2.64. The average molecular weight is 696 g/mol. The Morgan fingerprint density at radius 2 is 1.26 bits per heavy atom. The van der Waals surface area contributed by atoms with Crippen molar-refractivity contribution in [1.29, 1.82) is 0 Å². The Kier molecular flexibility index (Phi) is 16.0. The molecule has 2 saturated heterocycles. The molecule has 0 aliphatic carbocycles. The van der Waals surface area contributed by atoms with E-state index in [1.54, 1.807) is 0 Å². The summed E-state index contributed by atoms with van der Waals surface area (Å²) in [5.41, 5.74) is 2.20. The summed E-state index contributed by atoms with van der Waals surface area (Å²) in [5, 5.41) is 21.4. The van der Waals surface area contributed by atoms with E-state index in [4.69, 9.17) is 39.2 Å². The van der Waals surface area contributed by atoms with Gasteiger partial charge in [-0.3, -0.25) is 14.9 Å². The minimum atomic E-state index is -5.08. The Bertz CT molecular complexity index is 1180. The molecule has 2 aromatic heterocycles. The molecule has 4 heterocycles. The molecule has 0 aromatic carbocycles. The van der Waals surface area contributed by atoms with Crippen molar-refractivity contribution in [2.75, 3.05) is 26.3 Å². The van der Waals surface area contributed by atoms with E-state index in [1.807, 2.05) is 36.7 Å². The van der Waals surface area contributed by atoms with Crippen molar-refractivity contribution in [2.24, 2.45) is 5.92 Å². The molecule has 4 rings (SSSR count). The van der Waals surface area contributed by atoms with Gasteiger partial charge in [0.2, 0.25) is 0 Å². The number of rotatable bonds is 7. The Balaban J connectivity index is 0.000000430. The molecule has 11 nitrogen and oxygen atoms in total. The quantitative estimate of drug-likeness (QED) is 0.265. The molecule has 1 unspecified atom stereocenters. The summed E-state index contributed by atoms with van der Waals surface area (Å²) in [6.45, 7) is 5.25. The summed E-state index contributed by atoms with van der Waals surface area (Å²) in [6.07, 6.45) is -8.16. The molecule has 0 saturated carbocycles. The molecule has 20 heteroatoms. The second kappa shape index (κ2) is 18.3. The fourth-order valence-electron chi connectivity index (χ4n) is 4.11. The highest BCUT2D eigenvalue weighted by molar-refractivity contribution is 5.73. The van der Waals surface area contributed by atoms with Crippen molar-refractivity contribution in [3.63, 3.8) is 0 Å². The smallest absolute Gasteiger partial charge is 0.475 e. The van der Waals surface area contributed by atoms with Gasteiger partial charge in [-0.2, -0.15) is 39.5 Å². The zero-order valence-corrected chi connectivity index (χ0v) is 24.2. The van der Waals surface area contributed by atoms with Crippen LogP contribution in [0.4, 0.5) is 39.5 Å². The number of ether oxygens (including phenoxy) is 2. The maximum absolute atomic E-state index is 10.6. The predicted molar refractivity (Wildman–Crippen MR) is 141 cm³/mol. The first kappa shape index (κ1) is 41.0. The number of alkyl halides is 9. The van der Waals surface area contributed by atoms with E-state index in [9.17, 15) is 39.5 Å². The first-order valence-electron chi connectivity index (χ1n) is 13.3. The van der Waals surface area contributed by atoms with E-state index >= 15 is 0 Å². The lowest BCUT2D eigenvalue weighted by Gasteiger charge is -2.53. The molecule has 2 aliphatic heterocycles. The van der Waals surface area contributed by atoms with E-state index in [0.717, 1.165) is 63.5 Å². The highest BCUT2D eigenvalue weighted by Gasteiger charge is 2.47. The Labute approximate surface area is 260 Å². The van der Waals surface area contributed by atoms with Crippen molar-refractivity contribution in [2.45, 2.75) is 56.5 Å². The number of aliphatic carboxylic acids is 3. The maximum atomic E-state index is 10.6. The third kappa shape index (κ3) is 16.9. The number of carboxylic acid groups (broad SMARTS) is 3. The van der Waals surface area contributed by atoms with Crippen LogP contribution >= 0.6 is 0 Å². The molecule has 1 atom stereocenters. The summed E-state index contributed by atoms with van der Waals surface area (Å²) in [6, 6.07) is 12.0. The summed E-state index contributed by atoms with van der Waals surface area (Å²) in [4.78, 5) is 37.8. The number of aromatic nitrogens is 2. The molecule has 0 bridgehead atoms. The second-order valence-electron chi connectivity index (χ2n) is 9.93. The Morgan fingerprint density at radius 3 is 1.66 bits per heavy atom. The number of halogens is 9. The van der Waals surface area contributed by atoms with Gasteiger partial charge in [-0.25, -0.2) is 14.4 Å². The maximum Gasteiger partial charge on any atom is 0.490 e. The SMILES string of the molecule is O=C(O)C(F)(F)F.O=C(O)C(F)(F)F.O=C(O)C(F)(F)F.c1ccc(COCCC2CCOC3(C2)CN(Cc2ccccn2)C3)nc1. The molecule has 1 spiro atoms. The minimum absolute atomic E-state index is 0.0681. The molecule has 2 fully saturated rings. The number of nitrogens with zero attached hydrogens (tertiary/aromatic N) is 3. The van der Waals surface area contributed by atoms with Crippen LogP contribution in [0, 0.1) is 5.92 Å². The molecule has 2 aliphatic rings. The lowest BCUT2D eigenvalue weighted by molar-refractivity contribution is -0.193. The van der Waals surface area contributed by atoms with Gasteiger partial charge in [0.15, 0.2) is 0 Å². The highest BCUT2D eigenvalue weighted by Crippen LogP contribution is 2.38. The number of likely N-dealkylation sites (tertiary alicyclic amines) is 1. The summed E-state index contributed by atoms with van der Waals surface area (Å²) >= 11 is 0. The topological polar surface area (TPSA) is 159 Å². The van der Waals surface area contributed by atoms with E-state index in [-0.39, 0.29) is 5.60 Å². The van der Waals surface area contributed by atoms with Crippen LogP contribution < -0.4 is 0 Å². The van der Waals surface area contributed by atoms with Gasteiger partial charge in [0, 0.05) is 45.2 Å². The summed E-state index contributed by atoms with van der Waals surface area (Å²) in [7, 11) is 0. The van der Waals surface area contributed by atoms with Gasteiger partial charge in [0.25, 0.3) is 0 Å². The van der Waals surface area contributed by atoms with Crippen LogP contribution in [0.2, 0.25) is 0 Å². The first-order chi connectivity index (χ1) is 21.6. The number of carboxylic acids is 3. The van der Waals surface area contributed by atoms with Crippen LogP contribution in [0.15, 0.2) is 48.8 Å². The Hall–Kier alpha value is -4.04. The summed E-state index contributed by atoms with van der Waals surface area (Å²) in [5.74, 6) is -7.57. The van der Waals surface area contributed by atoms with Crippen molar-refractivity contribution < 1.29 is 78.7 Å². The van der Waals surface area contributed by atoms with Gasteiger partial charge in [-0.15, -0.1) is 0 Å². The molecule has 0 radical (unpaired) electrons. The third-order valence-electron chi connectivity index (χ3n) is 6.10. The summed E-state index contributed by atoms with van der Waals surface area (Å²) < 4.78 is 107. The minimum Gasteiger partial charge on any atom is -0.475 e. The highest BCUT2D eigenvalue weighted by atomic mass is 19.4. The van der Waals surface area contributed by atoms with Crippen LogP contribution in [0.3, 0.4) is 0 Å². The standard InChI is InChI=1S/C21H27N3O2.3C2HF3O2/c1-3-9-22-19(5-1)14-24-16-21(17-24)13-18(8-12-26-21)7-11-25-15-20-6-2-4-10-23-20;3*3-2(4,5)1(6)7/h1-6,9-10,18H,7-8,11-17H2;3*(H,6,7). The first-order valence-corrected chi connectivity index (χ1v) is 13.3. The molecule has 0 amide bonds. The van der Waals surface area contributed by atoms with Gasteiger partial charge < -0.3 is 24.8 Å². The normalized spacial score (nSPS) is 17.3. The average Bonchev–Trinajstić information content (AvgIpc) is 2.95. The lowest BCUT2D eigenvalue weighted by atomic mass is 9.79. The molecular weight excluding hydrogens is 665 g/mol. The van der Waals surface area contributed by atoms with Crippen LogP contribution in [0.5, 0.6) is 0 Å². The zero-order chi connectivity index (χ0) is 35.9. The Morgan fingerprint density at radius 1 is 0.809 bits per heavy atom. The van der Waals surface area contributed by atoms with Gasteiger partial charge in [0.1, 0.15) is 0 Å². The van der Waals surface area contributed by atoms with Crippen LogP contribution in [-0.2, 0) is 37.0 Å². The zero-order valence-electron chi connectivity index (χ0n) is 24.2.